The minimum atomic E-state index is -1.40. The quantitative estimate of drug-likeness (QED) is 0.186. The van der Waals surface area contributed by atoms with Gasteiger partial charge in [-0.25, -0.2) is 4.90 Å². The van der Waals surface area contributed by atoms with Gasteiger partial charge in [0.25, 0.3) is 0 Å². The first kappa shape index (κ1) is 29.7. The summed E-state index contributed by atoms with van der Waals surface area (Å²) in [5.74, 6) is -4.83. The summed E-state index contributed by atoms with van der Waals surface area (Å²) in [4.78, 5) is 60.6. The van der Waals surface area contributed by atoms with Crippen molar-refractivity contribution in [3.63, 3.8) is 0 Å². The van der Waals surface area contributed by atoms with Gasteiger partial charge in [0.15, 0.2) is 0 Å². The van der Waals surface area contributed by atoms with Crippen molar-refractivity contribution in [1.29, 1.82) is 0 Å². The van der Waals surface area contributed by atoms with Crippen molar-refractivity contribution in [2.45, 2.75) is 24.2 Å². The first-order valence-corrected chi connectivity index (χ1v) is 16.3. The van der Waals surface area contributed by atoms with Crippen LogP contribution in [0.4, 0.5) is 11.4 Å². The van der Waals surface area contributed by atoms with E-state index in [9.17, 15) is 19.5 Å². The molecule has 4 amide bonds. The zero-order valence-electron chi connectivity index (χ0n) is 24.9. The third-order valence-corrected chi connectivity index (χ3v) is 10.9. The second-order valence-electron chi connectivity index (χ2n) is 12.7. The number of nitrogens with zero attached hydrogens (tertiary/aromatic N) is 2. The third kappa shape index (κ3) is 4.26. The number of phenolic OH excluding ortho intramolecular Hbond substituents is 1. The number of benzene rings is 4. The molecule has 3 fully saturated rings. The molecule has 2 aliphatic heterocycles. The van der Waals surface area contributed by atoms with E-state index in [2.05, 4.69) is 0 Å². The molecular formula is C38H28Cl2N2O5. The molecule has 1 saturated carbocycles. The lowest BCUT2D eigenvalue weighted by Gasteiger charge is -2.50. The van der Waals surface area contributed by atoms with E-state index in [0.717, 1.165) is 5.57 Å². The van der Waals surface area contributed by atoms with Crippen molar-refractivity contribution in [1.82, 2.24) is 0 Å². The van der Waals surface area contributed by atoms with Gasteiger partial charge in [0, 0.05) is 16.0 Å². The Morgan fingerprint density at radius 3 is 2.15 bits per heavy atom. The van der Waals surface area contributed by atoms with Crippen molar-refractivity contribution < 1.29 is 24.3 Å². The van der Waals surface area contributed by atoms with Crippen molar-refractivity contribution in [2.75, 3.05) is 9.80 Å². The van der Waals surface area contributed by atoms with Crippen LogP contribution in [-0.4, -0.2) is 28.7 Å². The normalized spacial score (nSPS) is 28.2. The number of halogens is 2. The average Bonchev–Trinajstić information content (AvgIpc) is 3.46. The van der Waals surface area contributed by atoms with Crippen molar-refractivity contribution in [2.24, 2.45) is 23.7 Å². The lowest BCUT2D eigenvalue weighted by molar-refractivity contribution is -0.127. The molecule has 4 aromatic rings. The Morgan fingerprint density at radius 2 is 1.43 bits per heavy atom. The van der Waals surface area contributed by atoms with Crippen LogP contribution in [0.2, 0.25) is 10.0 Å². The minimum Gasteiger partial charge on any atom is -0.508 e. The fourth-order valence-electron chi connectivity index (χ4n) is 8.67. The van der Waals surface area contributed by atoms with Crippen LogP contribution in [0.25, 0.3) is 0 Å². The van der Waals surface area contributed by atoms with E-state index in [1.807, 2.05) is 42.5 Å². The number of carbonyl (C=O) groups is 4. The highest BCUT2D eigenvalue weighted by Crippen LogP contribution is 2.64. The average molecular weight is 664 g/mol. The second kappa shape index (κ2) is 10.9. The molecule has 0 spiro atoms. The summed E-state index contributed by atoms with van der Waals surface area (Å²) < 4.78 is 0. The maximum atomic E-state index is 15.2. The molecule has 0 aromatic heterocycles. The van der Waals surface area contributed by atoms with Crippen molar-refractivity contribution >= 4 is 58.2 Å². The van der Waals surface area contributed by atoms with Gasteiger partial charge in [-0.3, -0.25) is 24.1 Å². The first-order chi connectivity index (χ1) is 22.7. The van der Waals surface area contributed by atoms with Crippen molar-refractivity contribution in [3.05, 3.63) is 136 Å². The summed E-state index contributed by atoms with van der Waals surface area (Å²) in [6.45, 7) is 0. The third-order valence-electron chi connectivity index (χ3n) is 10.5. The van der Waals surface area contributed by atoms with Crippen molar-refractivity contribution in [3.8, 4) is 5.75 Å². The van der Waals surface area contributed by atoms with Crippen LogP contribution in [0.15, 0.2) is 115 Å². The van der Waals surface area contributed by atoms with Crippen LogP contribution in [0.1, 0.15) is 29.9 Å². The topological polar surface area (TPSA) is 95.0 Å². The molecule has 2 saturated heterocycles. The SMILES string of the molecule is O=C1C2CC=C3C(CC4C(=O)N(c5cccc(Cl)c5)C(=O)C4(c4ccccc4)C3c3cccc(O)c3)C2C(=O)N1c1ccc(Cl)cc1. The number of hydrogen-bond donors (Lipinski definition) is 1. The Bertz CT molecular complexity index is 2010. The molecule has 6 atom stereocenters. The van der Waals surface area contributed by atoms with E-state index >= 15 is 4.79 Å². The number of carbonyl (C=O) groups excluding carboxylic acids is 4. The Balaban J connectivity index is 1.34. The molecule has 4 aromatic carbocycles. The summed E-state index contributed by atoms with van der Waals surface area (Å²) in [6, 6.07) is 29.3. The number of hydrogen-bond acceptors (Lipinski definition) is 5. The van der Waals surface area contributed by atoms with Gasteiger partial charge >= 0.3 is 0 Å². The van der Waals surface area contributed by atoms with E-state index in [1.54, 1.807) is 66.7 Å². The molecule has 6 unspecified atom stereocenters. The van der Waals surface area contributed by atoms with Crippen LogP contribution in [-0.2, 0) is 24.6 Å². The van der Waals surface area contributed by atoms with Gasteiger partial charge in [-0.2, -0.15) is 0 Å². The Hall–Kier alpha value is -4.72. The highest BCUT2D eigenvalue weighted by atomic mass is 35.5. The highest BCUT2D eigenvalue weighted by molar-refractivity contribution is 6.32. The molecule has 8 rings (SSSR count). The lowest BCUT2D eigenvalue weighted by atomic mass is 9.49. The van der Waals surface area contributed by atoms with Gasteiger partial charge in [0.2, 0.25) is 23.6 Å². The van der Waals surface area contributed by atoms with Gasteiger partial charge < -0.3 is 5.11 Å². The maximum absolute atomic E-state index is 15.2. The predicted molar refractivity (Wildman–Crippen MR) is 178 cm³/mol. The summed E-state index contributed by atoms with van der Waals surface area (Å²) in [6.07, 6.45) is 2.49. The molecule has 4 aliphatic rings. The number of amides is 4. The van der Waals surface area contributed by atoms with Gasteiger partial charge in [0.1, 0.15) is 5.75 Å². The van der Waals surface area contributed by atoms with Crippen LogP contribution >= 0.6 is 23.2 Å². The number of fused-ring (bicyclic) bond motifs is 4. The Kier molecular flexibility index (Phi) is 6.90. The first-order valence-electron chi connectivity index (χ1n) is 15.5. The maximum Gasteiger partial charge on any atom is 0.246 e. The van der Waals surface area contributed by atoms with Gasteiger partial charge in [-0.15, -0.1) is 0 Å². The van der Waals surface area contributed by atoms with Crippen LogP contribution in [0, 0.1) is 23.7 Å². The number of imide groups is 2. The molecule has 47 heavy (non-hydrogen) atoms. The molecule has 0 radical (unpaired) electrons. The van der Waals surface area contributed by atoms with E-state index < -0.39 is 46.8 Å². The van der Waals surface area contributed by atoms with Gasteiger partial charge in [-0.05, 0) is 84.5 Å². The molecule has 2 aliphatic carbocycles. The highest BCUT2D eigenvalue weighted by Gasteiger charge is 2.70. The molecule has 0 bridgehead atoms. The van der Waals surface area contributed by atoms with E-state index in [4.69, 9.17) is 23.2 Å². The van der Waals surface area contributed by atoms with E-state index in [0.29, 0.717) is 39.0 Å². The zero-order chi connectivity index (χ0) is 32.6. The number of aromatic hydroxyl groups is 1. The number of rotatable bonds is 4. The number of phenols is 1. The molecule has 234 valence electrons. The lowest BCUT2D eigenvalue weighted by Crippen LogP contribution is -2.53. The van der Waals surface area contributed by atoms with E-state index in [1.165, 1.54) is 9.80 Å². The standard InChI is InChI=1S/C38H28Cl2N2O5/c39-23-12-14-25(15-13-23)41-34(44)29-17-16-28-30(32(29)36(41)46)20-31-35(45)42(26-10-5-9-24(40)19-26)37(47)38(31,22-7-2-1-3-8-22)33(28)21-6-4-11-27(43)18-21/h1-16,18-19,29-33,43H,17,20H2. The minimum absolute atomic E-state index is 0.0168. The smallest absolute Gasteiger partial charge is 0.246 e. The monoisotopic (exact) mass is 662 g/mol. The zero-order valence-corrected chi connectivity index (χ0v) is 26.4. The summed E-state index contributed by atoms with van der Waals surface area (Å²) in [7, 11) is 0. The summed E-state index contributed by atoms with van der Waals surface area (Å²) >= 11 is 12.5. The summed E-state index contributed by atoms with van der Waals surface area (Å²) in [5, 5.41) is 11.6. The fourth-order valence-corrected chi connectivity index (χ4v) is 8.98. The summed E-state index contributed by atoms with van der Waals surface area (Å²) in [5.41, 5.74) is 1.55. The Morgan fingerprint density at radius 1 is 0.681 bits per heavy atom. The van der Waals surface area contributed by atoms with Gasteiger partial charge in [0.05, 0.1) is 34.5 Å². The number of allylic oxidation sites excluding steroid dienone is 2. The number of anilines is 2. The second-order valence-corrected chi connectivity index (χ2v) is 13.5. The Labute approximate surface area is 281 Å². The largest absolute Gasteiger partial charge is 0.508 e. The molecule has 9 heteroatoms. The molecule has 7 nitrogen and oxygen atoms in total. The molecule has 1 N–H and O–H groups in total. The predicted octanol–water partition coefficient (Wildman–Crippen LogP) is 7.07. The van der Waals surface area contributed by atoms with E-state index in [-0.39, 0.29) is 24.0 Å². The molecular weight excluding hydrogens is 635 g/mol. The van der Waals surface area contributed by atoms with Crippen LogP contribution in [0.3, 0.4) is 0 Å². The fraction of sp³-hybridized carbons (Fsp3) is 0.211. The molecule has 2 heterocycles. The van der Waals surface area contributed by atoms with Crippen LogP contribution in [0.5, 0.6) is 5.75 Å². The van der Waals surface area contributed by atoms with Gasteiger partial charge in [-0.1, -0.05) is 83.4 Å². The van der Waals surface area contributed by atoms with Crippen LogP contribution < -0.4 is 9.80 Å².